The van der Waals surface area contributed by atoms with E-state index in [9.17, 15) is 14.3 Å². The molecule has 0 saturated carbocycles. The molecule has 0 aliphatic rings. The quantitative estimate of drug-likeness (QED) is 0.881. The molecule has 0 saturated heterocycles. The van der Waals surface area contributed by atoms with Crippen molar-refractivity contribution in [1.82, 2.24) is 9.88 Å². The van der Waals surface area contributed by atoms with Crippen LogP contribution >= 0.6 is 11.3 Å². The molecule has 0 spiro atoms. The van der Waals surface area contributed by atoms with E-state index in [2.05, 4.69) is 10.3 Å². The van der Waals surface area contributed by atoms with Crippen molar-refractivity contribution in [3.63, 3.8) is 0 Å². The van der Waals surface area contributed by atoms with E-state index in [1.807, 2.05) is 6.07 Å². The van der Waals surface area contributed by atoms with E-state index in [0.29, 0.717) is 11.6 Å². The molecule has 23 heavy (non-hydrogen) atoms. The number of anilines is 1. The van der Waals surface area contributed by atoms with Gasteiger partial charge < -0.3 is 10.0 Å². The molecule has 0 bridgehead atoms. The number of halogens is 1. The maximum Gasteiger partial charge on any atom is 0.323 e. The largest absolute Gasteiger partial charge is 0.389 e. The lowest BCUT2D eigenvalue weighted by Crippen LogP contribution is -2.41. The first kappa shape index (κ1) is 17.4. The number of aromatic nitrogens is 1. The molecule has 124 valence electrons. The minimum Gasteiger partial charge on any atom is -0.389 e. The van der Waals surface area contributed by atoms with Gasteiger partial charge in [-0.05, 0) is 31.5 Å². The van der Waals surface area contributed by atoms with Gasteiger partial charge in [0.05, 0.1) is 12.1 Å². The molecule has 1 heterocycles. The van der Waals surface area contributed by atoms with Crippen LogP contribution in [0.3, 0.4) is 0 Å². The summed E-state index contributed by atoms with van der Waals surface area (Å²) >= 11 is 1.34. The fraction of sp³-hybridized carbons (Fsp3) is 0.375. The van der Waals surface area contributed by atoms with Gasteiger partial charge in [0.15, 0.2) is 5.13 Å². The Morgan fingerprint density at radius 3 is 2.87 bits per heavy atom. The molecular weight excluding hydrogens is 317 g/mol. The molecule has 0 radical (unpaired) electrons. The van der Waals surface area contributed by atoms with Crippen LogP contribution in [0.25, 0.3) is 0 Å². The van der Waals surface area contributed by atoms with Crippen molar-refractivity contribution < 1.29 is 14.3 Å². The van der Waals surface area contributed by atoms with Gasteiger partial charge in [-0.15, -0.1) is 11.3 Å². The fourth-order valence-electron chi connectivity index (χ4n) is 2.13. The van der Waals surface area contributed by atoms with Crippen molar-refractivity contribution in [3.8, 4) is 0 Å². The minimum absolute atomic E-state index is 0.209. The van der Waals surface area contributed by atoms with E-state index >= 15 is 0 Å². The third-order valence-corrected chi connectivity index (χ3v) is 3.92. The maximum absolute atomic E-state index is 13.2. The van der Waals surface area contributed by atoms with Crippen molar-refractivity contribution in [2.24, 2.45) is 0 Å². The van der Waals surface area contributed by atoms with Crippen LogP contribution in [-0.2, 0) is 6.42 Å². The number of benzene rings is 1. The SMILES string of the molecule is CN(CC(C)(C)O)C(=O)Nc1ncc(Cc2cccc(F)c2)s1. The van der Waals surface area contributed by atoms with Crippen LogP contribution in [0.2, 0.25) is 0 Å². The summed E-state index contributed by atoms with van der Waals surface area (Å²) in [6.45, 7) is 3.48. The van der Waals surface area contributed by atoms with Crippen molar-refractivity contribution in [3.05, 3.63) is 46.7 Å². The predicted molar refractivity (Wildman–Crippen MR) is 89.3 cm³/mol. The zero-order chi connectivity index (χ0) is 17.0. The highest BCUT2D eigenvalue weighted by atomic mass is 32.1. The third-order valence-electron chi connectivity index (χ3n) is 3.01. The van der Waals surface area contributed by atoms with Gasteiger partial charge >= 0.3 is 6.03 Å². The molecule has 0 unspecified atom stereocenters. The normalized spacial score (nSPS) is 11.3. The Balaban J connectivity index is 1.95. The summed E-state index contributed by atoms with van der Waals surface area (Å²) in [7, 11) is 1.61. The van der Waals surface area contributed by atoms with Gasteiger partial charge in [0.1, 0.15) is 5.82 Å². The minimum atomic E-state index is -0.961. The first-order valence-electron chi connectivity index (χ1n) is 7.16. The number of thiazole rings is 1. The van der Waals surface area contributed by atoms with Crippen LogP contribution in [0, 0.1) is 5.82 Å². The zero-order valence-corrected chi connectivity index (χ0v) is 14.2. The molecule has 0 aliphatic heterocycles. The molecule has 2 amide bonds. The lowest BCUT2D eigenvalue weighted by molar-refractivity contribution is 0.0550. The summed E-state index contributed by atoms with van der Waals surface area (Å²) in [4.78, 5) is 18.5. The monoisotopic (exact) mass is 337 g/mol. The Bertz CT molecular complexity index is 682. The zero-order valence-electron chi connectivity index (χ0n) is 13.3. The Hall–Kier alpha value is -1.99. The highest BCUT2D eigenvalue weighted by molar-refractivity contribution is 7.15. The molecular formula is C16H20FN3O2S. The summed E-state index contributed by atoms with van der Waals surface area (Å²) in [6, 6.07) is 6.06. The number of nitrogens with zero attached hydrogens (tertiary/aromatic N) is 2. The summed E-state index contributed by atoms with van der Waals surface area (Å²) in [5.41, 5.74) is -0.108. The van der Waals surface area contributed by atoms with Gasteiger partial charge in [-0.25, -0.2) is 14.2 Å². The molecule has 0 fully saturated rings. The number of amides is 2. The standard InChI is InChI=1S/C16H20FN3O2S/c1-16(2,22)10-20(3)15(21)19-14-18-9-13(23-14)8-11-5-4-6-12(17)7-11/h4-7,9,22H,8,10H2,1-3H3,(H,18,19,21). The molecule has 5 nitrogen and oxygen atoms in total. The molecule has 0 atom stereocenters. The van der Waals surface area contributed by atoms with Crippen LogP contribution < -0.4 is 5.32 Å². The van der Waals surface area contributed by atoms with Gasteiger partial charge in [0.2, 0.25) is 0 Å². The van der Waals surface area contributed by atoms with Crippen LogP contribution in [0.15, 0.2) is 30.5 Å². The number of carbonyl (C=O) groups excluding carboxylic acids is 1. The van der Waals surface area contributed by atoms with E-state index in [1.165, 1.54) is 28.4 Å². The summed E-state index contributed by atoms with van der Waals surface area (Å²) < 4.78 is 13.2. The van der Waals surface area contributed by atoms with Crippen molar-refractivity contribution in [2.45, 2.75) is 25.9 Å². The summed E-state index contributed by atoms with van der Waals surface area (Å²) in [5, 5.41) is 12.9. The molecule has 7 heteroatoms. The van der Waals surface area contributed by atoms with Gasteiger partial charge in [-0.2, -0.15) is 0 Å². The Morgan fingerprint density at radius 2 is 2.22 bits per heavy atom. The van der Waals surface area contributed by atoms with E-state index in [4.69, 9.17) is 0 Å². The van der Waals surface area contributed by atoms with Crippen LogP contribution in [0.4, 0.5) is 14.3 Å². The number of hydrogen-bond acceptors (Lipinski definition) is 4. The van der Waals surface area contributed by atoms with E-state index < -0.39 is 5.60 Å². The van der Waals surface area contributed by atoms with Crippen LogP contribution in [-0.4, -0.2) is 40.2 Å². The maximum atomic E-state index is 13.2. The van der Waals surface area contributed by atoms with Crippen molar-refractivity contribution in [2.75, 3.05) is 18.9 Å². The summed E-state index contributed by atoms with van der Waals surface area (Å²) in [5.74, 6) is -0.270. The first-order valence-corrected chi connectivity index (χ1v) is 7.98. The number of urea groups is 1. The number of nitrogens with one attached hydrogen (secondary N) is 1. The van der Waals surface area contributed by atoms with Crippen molar-refractivity contribution >= 4 is 22.5 Å². The van der Waals surface area contributed by atoms with E-state index in [-0.39, 0.29) is 18.4 Å². The second-order valence-electron chi connectivity index (χ2n) is 6.04. The molecule has 2 rings (SSSR count). The Morgan fingerprint density at radius 1 is 1.48 bits per heavy atom. The lowest BCUT2D eigenvalue weighted by Gasteiger charge is -2.25. The number of rotatable bonds is 5. The lowest BCUT2D eigenvalue weighted by atomic mass is 10.1. The second kappa shape index (κ2) is 7.06. The fourth-order valence-corrected chi connectivity index (χ4v) is 2.97. The molecule has 2 N–H and O–H groups in total. The topological polar surface area (TPSA) is 65.5 Å². The smallest absolute Gasteiger partial charge is 0.323 e. The van der Waals surface area contributed by atoms with Gasteiger partial charge in [0.25, 0.3) is 0 Å². The highest BCUT2D eigenvalue weighted by Gasteiger charge is 2.20. The van der Waals surface area contributed by atoms with Crippen molar-refractivity contribution in [1.29, 1.82) is 0 Å². The number of hydrogen-bond donors (Lipinski definition) is 2. The van der Waals surface area contributed by atoms with Gasteiger partial charge in [0, 0.05) is 24.5 Å². The van der Waals surface area contributed by atoms with Gasteiger partial charge in [-0.1, -0.05) is 12.1 Å². The molecule has 1 aromatic carbocycles. The molecule has 2 aromatic rings. The average molecular weight is 337 g/mol. The molecule has 1 aromatic heterocycles. The predicted octanol–water partition coefficient (Wildman–Crippen LogP) is 3.11. The average Bonchev–Trinajstić information content (AvgIpc) is 2.84. The number of aliphatic hydroxyl groups is 1. The van der Waals surface area contributed by atoms with Crippen LogP contribution in [0.1, 0.15) is 24.3 Å². The van der Waals surface area contributed by atoms with Crippen LogP contribution in [0.5, 0.6) is 0 Å². The first-order chi connectivity index (χ1) is 10.7. The third kappa shape index (κ3) is 5.61. The summed E-state index contributed by atoms with van der Waals surface area (Å²) in [6.07, 6.45) is 2.23. The highest BCUT2D eigenvalue weighted by Crippen LogP contribution is 2.22. The molecule has 0 aliphatic carbocycles. The van der Waals surface area contributed by atoms with E-state index in [1.54, 1.807) is 33.2 Å². The van der Waals surface area contributed by atoms with Gasteiger partial charge in [-0.3, -0.25) is 5.32 Å². The van der Waals surface area contributed by atoms with E-state index in [0.717, 1.165) is 10.4 Å². The number of likely N-dealkylation sites (N-methyl/N-ethyl adjacent to an activating group) is 1. The second-order valence-corrected chi connectivity index (χ2v) is 7.15. The Kier molecular flexibility index (Phi) is 5.33. The Labute approximate surface area is 138 Å². The number of carbonyl (C=O) groups is 1.